The third kappa shape index (κ3) is 6.48. The highest BCUT2D eigenvalue weighted by Gasteiger charge is 2.27. The van der Waals surface area contributed by atoms with E-state index in [1.165, 1.54) is 0 Å². The van der Waals surface area contributed by atoms with Crippen LogP contribution in [0.1, 0.15) is 13.8 Å². The minimum absolute atomic E-state index is 0.477. The smallest absolute Gasteiger partial charge is 0.398 e. The van der Waals surface area contributed by atoms with E-state index in [-0.39, 0.29) is 0 Å². The molecule has 114 valence electrons. The highest BCUT2D eigenvalue weighted by atomic mass is 32.5. The highest BCUT2D eigenvalue weighted by molar-refractivity contribution is 8.10. The normalized spacial score (nSPS) is 14.8. The first-order valence-electron chi connectivity index (χ1n) is 6.01. The lowest BCUT2D eigenvalue weighted by Crippen LogP contribution is -2.10. The van der Waals surface area contributed by atoms with E-state index in [2.05, 4.69) is 0 Å². The summed E-state index contributed by atoms with van der Waals surface area (Å²) >= 11 is 6.07. The quantitative estimate of drug-likeness (QED) is 0.507. The number of benzene rings is 1. The maximum Gasteiger partial charge on any atom is 0.398 e. The number of rotatable bonds is 7. The van der Waals surface area contributed by atoms with E-state index in [0.29, 0.717) is 23.4 Å². The Labute approximate surface area is 126 Å². The number of halogens is 3. The van der Waals surface area contributed by atoms with Crippen molar-refractivity contribution in [1.82, 2.24) is 0 Å². The lowest BCUT2D eigenvalue weighted by Gasteiger charge is -2.21. The van der Waals surface area contributed by atoms with Gasteiger partial charge in [-0.2, -0.15) is 13.2 Å². The molecule has 0 saturated heterocycles. The van der Waals surface area contributed by atoms with Crippen molar-refractivity contribution in [3.05, 3.63) is 24.3 Å². The molecule has 0 aromatic heterocycles. The summed E-state index contributed by atoms with van der Waals surface area (Å²) in [7, 11) is 0. The number of thioether (sulfide) groups is 1. The van der Waals surface area contributed by atoms with Crippen LogP contribution in [0.5, 0.6) is 5.75 Å². The molecule has 1 unspecified atom stereocenters. The Morgan fingerprint density at radius 1 is 1.20 bits per heavy atom. The molecule has 0 aliphatic carbocycles. The molecule has 1 aromatic carbocycles. The first-order valence-corrected chi connectivity index (χ1v) is 9.81. The van der Waals surface area contributed by atoms with E-state index in [9.17, 15) is 13.2 Å². The Hall–Kier alpha value is -0.230. The second kappa shape index (κ2) is 7.69. The summed E-state index contributed by atoms with van der Waals surface area (Å²) in [4.78, 5) is 0.538. The second-order valence-electron chi connectivity index (χ2n) is 3.81. The molecule has 0 bridgehead atoms. The van der Waals surface area contributed by atoms with Gasteiger partial charge < -0.3 is 9.05 Å². The van der Waals surface area contributed by atoms with Gasteiger partial charge in [0, 0.05) is 11.1 Å². The summed E-state index contributed by atoms with van der Waals surface area (Å²) in [6.45, 7) is 1.88. The standard InChI is InChI=1S/C12H16F3O2PS2/c1-3-16-18(19,4-2)17-10-5-7-11(8-6-10)20-9-12(13,14)15/h5-8H,3-4,9H2,1-2H3. The Morgan fingerprint density at radius 2 is 1.80 bits per heavy atom. The summed E-state index contributed by atoms with van der Waals surface area (Å²) < 4.78 is 47.4. The fourth-order valence-corrected chi connectivity index (χ4v) is 3.74. The monoisotopic (exact) mass is 344 g/mol. The fraction of sp³-hybridized carbons (Fsp3) is 0.500. The number of hydrogen-bond donors (Lipinski definition) is 0. The molecule has 0 aliphatic rings. The van der Waals surface area contributed by atoms with Crippen molar-refractivity contribution in [2.75, 3.05) is 18.5 Å². The van der Waals surface area contributed by atoms with Crippen molar-refractivity contribution in [1.29, 1.82) is 0 Å². The molecule has 0 aliphatic heterocycles. The van der Waals surface area contributed by atoms with Gasteiger partial charge in [-0.3, -0.25) is 0 Å². The lowest BCUT2D eigenvalue weighted by molar-refractivity contribution is -0.105. The summed E-state index contributed by atoms with van der Waals surface area (Å²) in [5.74, 6) is -0.376. The van der Waals surface area contributed by atoms with Gasteiger partial charge in [-0.15, -0.1) is 11.8 Å². The molecule has 2 nitrogen and oxygen atoms in total. The van der Waals surface area contributed by atoms with E-state index in [1.807, 2.05) is 13.8 Å². The third-order valence-corrected chi connectivity index (χ3v) is 6.49. The van der Waals surface area contributed by atoms with Gasteiger partial charge in [-0.1, -0.05) is 6.92 Å². The van der Waals surface area contributed by atoms with E-state index in [0.717, 1.165) is 11.8 Å². The predicted molar refractivity (Wildman–Crippen MR) is 80.3 cm³/mol. The Balaban J connectivity index is 2.64. The van der Waals surface area contributed by atoms with Crippen molar-refractivity contribution in [2.45, 2.75) is 24.9 Å². The zero-order valence-electron chi connectivity index (χ0n) is 11.1. The van der Waals surface area contributed by atoms with Crippen molar-refractivity contribution in [3.8, 4) is 5.75 Å². The SMILES string of the molecule is CCOP(=S)(CC)Oc1ccc(SCC(F)(F)F)cc1. The van der Waals surface area contributed by atoms with Gasteiger partial charge in [0.15, 0.2) is 0 Å². The van der Waals surface area contributed by atoms with Crippen LogP contribution in [0.2, 0.25) is 0 Å². The summed E-state index contributed by atoms with van der Waals surface area (Å²) in [5.41, 5.74) is 0. The van der Waals surface area contributed by atoms with Crippen LogP contribution >= 0.6 is 18.3 Å². The van der Waals surface area contributed by atoms with E-state index in [4.69, 9.17) is 20.9 Å². The van der Waals surface area contributed by atoms with Gasteiger partial charge in [0.25, 0.3) is 0 Å². The van der Waals surface area contributed by atoms with E-state index >= 15 is 0 Å². The minimum Gasteiger partial charge on any atom is -0.443 e. The topological polar surface area (TPSA) is 18.5 Å². The molecule has 1 aromatic rings. The molecule has 0 spiro atoms. The van der Waals surface area contributed by atoms with Crippen LogP contribution in [-0.4, -0.2) is 24.7 Å². The predicted octanol–water partition coefficient (Wildman–Crippen LogP) is 5.09. The molecule has 20 heavy (non-hydrogen) atoms. The van der Waals surface area contributed by atoms with Crippen molar-refractivity contribution in [3.63, 3.8) is 0 Å². The molecule has 0 N–H and O–H groups in total. The first-order chi connectivity index (χ1) is 9.28. The maximum absolute atomic E-state index is 12.1. The van der Waals surface area contributed by atoms with Crippen molar-refractivity contribution in [2.24, 2.45) is 0 Å². The van der Waals surface area contributed by atoms with Gasteiger partial charge in [0.2, 0.25) is 6.49 Å². The molecule has 0 fully saturated rings. The number of hydrogen-bond acceptors (Lipinski definition) is 4. The Morgan fingerprint density at radius 3 is 2.25 bits per heavy atom. The van der Waals surface area contributed by atoms with E-state index in [1.54, 1.807) is 24.3 Å². The van der Waals surface area contributed by atoms with Gasteiger partial charge in [0.1, 0.15) is 5.75 Å². The molecule has 1 atom stereocenters. The van der Waals surface area contributed by atoms with Crippen LogP contribution in [0.25, 0.3) is 0 Å². The van der Waals surface area contributed by atoms with Crippen LogP contribution in [0.4, 0.5) is 13.2 Å². The lowest BCUT2D eigenvalue weighted by atomic mass is 10.3. The third-order valence-electron chi connectivity index (χ3n) is 2.18. The average molecular weight is 344 g/mol. The Kier molecular flexibility index (Phi) is 6.85. The van der Waals surface area contributed by atoms with Crippen LogP contribution in [0, 0.1) is 0 Å². The summed E-state index contributed by atoms with van der Waals surface area (Å²) in [6, 6.07) is 6.42. The Bertz CT molecular complexity index is 463. The molecule has 0 heterocycles. The molecule has 1 rings (SSSR count). The fourth-order valence-electron chi connectivity index (χ4n) is 1.30. The van der Waals surface area contributed by atoms with Crippen LogP contribution in [-0.2, 0) is 16.3 Å². The minimum atomic E-state index is -4.17. The van der Waals surface area contributed by atoms with Crippen LogP contribution in [0.3, 0.4) is 0 Å². The maximum atomic E-state index is 12.1. The molecule has 0 amide bonds. The van der Waals surface area contributed by atoms with Crippen LogP contribution in [0.15, 0.2) is 29.2 Å². The first kappa shape index (κ1) is 17.8. The highest BCUT2D eigenvalue weighted by Crippen LogP contribution is 2.48. The zero-order chi connectivity index (χ0) is 15.2. The zero-order valence-corrected chi connectivity index (χ0v) is 13.7. The van der Waals surface area contributed by atoms with Crippen molar-refractivity contribution >= 4 is 30.1 Å². The molecule has 8 heteroatoms. The summed E-state index contributed by atoms with van der Waals surface area (Å²) in [5, 5.41) is 0. The number of alkyl halides is 3. The van der Waals surface area contributed by atoms with Gasteiger partial charge in [0.05, 0.1) is 12.4 Å². The van der Waals surface area contributed by atoms with Gasteiger partial charge in [-0.25, -0.2) is 0 Å². The largest absolute Gasteiger partial charge is 0.443 e. The van der Waals surface area contributed by atoms with Crippen molar-refractivity contribution < 1.29 is 22.2 Å². The average Bonchev–Trinajstić information content (AvgIpc) is 2.37. The molecule has 0 radical (unpaired) electrons. The summed E-state index contributed by atoms with van der Waals surface area (Å²) in [6.07, 6.45) is -3.57. The molecular formula is C12H16F3O2PS2. The molecular weight excluding hydrogens is 328 g/mol. The van der Waals surface area contributed by atoms with Gasteiger partial charge in [-0.05, 0) is 43.0 Å². The van der Waals surface area contributed by atoms with E-state index < -0.39 is 18.4 Å². The van der Waals surface area contributed by atoms with Crippen LogP contribution < -0.4 is 4.52 Å². The second-order valence-corrected chi connectivity index (χ2v) is 8.82. The molecule has 0 saturated carbocycles. The van der Waals surface area contributed by atoms with Gasteiger partial charge >= 0.3 is 6.18 Å².